The van der Waals surface area contributed by atoms with E-state index in [0.717, 1.165) is 6.07 Å². The van der Waals surface area contributed by atoms with E-state index >= 15 is 0 Å². The summed E-state index contributed by atoms with van der Waals surface area (Å²) in [4.78, 5) is 28.0. The molecule has 6 nitrogen and oxygen atoms in total. The SMILES string of the molecule is Cc1nc2cc(=O)[nH]n2c(C)c1CC(=O)Nc1ccc(Cl)cc1F. The van der Waals surface area contributed by atoms with Crippen molar-refractivity contribution in [2.75, 3.05) is 5.32 Å². The first-order valence-corrected chi connectivity index (χ1v) is 7.55. The number of rotatable bonds is 3. The Labute approximate surface area is 141 Å². The normalized spacial score (nSPS) is 11.0. The number of nitrogens with one attached hydrogen (secondary N) is 2. The third kappa shape index (κ3) is 3.03. The van der Waals surface area contributed by atoms with Gasteiger partial charge in [-0.05, 0) is 32.0 Å². The average molecular weight is 349 g/mol. The maximum Gasteiger partial charge on any atom is 0.266 e. The minimum Gasteiger partial charge on any atom is -0.323 e. The fraction of sp³-hybridized carbons (Fsp3) is 0.188. The van der Waals surface area contributed by atoms with Gasteiger partial charge in [0.2, 0.25) is 5.91 Å². The predicted octanol–water partition coefficient (Wildman–Crippen LogP) is 2.61. The van der Waals surface area contributed by atoms with E-state index in [9.17, 15) is 14.0 Å². The number of amides is 1. The smallest absolute Gasteiger partial charge is 0.266 e. The van der Waals surface area contributed by atoms with Gasteiger partial charge in [0.05, 0.1) is 12.1 Å². The molecule has 2 N–H and O–H groups in total. The van der Waals surface area contributed by atoms with Crippen LogP contribution >= 0.6 is 11.6 Å². The van der Waals surface area contributed by atoms with Gasteiger partial charge in [0.1, 0.15) is 5.82 Å². The number of carbonyl (C=O) groups excluding carboxylic acids is 1. The zero-order valence-corrected chi connectivity index (χ0v) is 13.7. The van der Waals surface area contributed by atoms with Gasteiger partial charge in [-0.15, -0.1) is 0 Å². The van der Waals surface area contributed by atoms with Gasteiger partial charge in [-0.25, -0.2) is 13.9 Å². The molecule has 3 aromatic rings. The molecule has 0 aliphatic heterocycles. The molecule has 3 rings (SSSR count). The molecule has 0 atom stereocenters. The fourth-order valence-electron chi connectivity index (χ4n) is 2.56. The van der Waals surface area contributed by atoms with Crippen molar-refractivity contribution >= 4 is 28.8 Å². The molecule has 1 aromatic carbocycles. The highest BCUT2D eigenvalue weighted by atomic mass is 35.5. The van der Waals surface area contributed by atoms with Crippen LogP contribution in [0.4, 0.5) is 10.1 Å². The molecule has 0 aliphatic rings. The lowest BCUT2D eigenvalue weighted by Gasteiger charge is -2.12. The number of aromatic nitrogens is 3. The summed E-state index contributed by atoms with van der Waals surface area (Å²) in [5, 5.41) is 5.39. The van der Waals surface area contributed by atoms with Crippen LogP contribution < -0.4 is 10.9 Å². The Morgan fingerprint density at radius 3 is 2.83 bits per heavy atom. The summed E-state index contributed by atoms with van der Waals surface area (Å²) in [6.07, 6.45) is 0.00286. The molecule has 0 spiro atoms. The molecule has 8 heteroatoms. The van der Waals surface area contributed by atoms with Crippen LogP contribution in [0.3, 0.4) is 0 Å². The van der Waals surface area contributed by atoms with Crippen molar-refractivity contribution < 1.29 is 9.18 Å². The molecule has 0 saturated carbocycles. The second-order valence-electron chi connectivity index (χ2n) is 5.42. The highest BCUT2D eigenvalue weighted by molar-refractivity contribution is 6.30. The molecule has 0 bridgehead atoms. The number of aryl methyl sites for hydroxylation is 2. The first kappa shape index (κ1) is 16.2. The van der Waals surface area contributed by atoms with Crippen molar-refractivity contribution in [2.24, 2.45) is 0 Å². The van der Waals surface area contributed by atoms with Gasteiger partial charge in [-0.1, -0.05) is 11.6 Å². The highest BCUT2D eigenvalue weighted by Gasteiger charge is 2.15. The van der Waals surface area contributed by atoms with E-state index in [2.05, 4.69) is 15.4 Å². The minimum absolute atomic E-state index is 0.00286. The van der Waals surface area contributed by atoms with Crippen molar-refractivity contribution in [1.29, 1.82) is 0 Å². The second kappa shape index (κ2) is 6.09. The van der Waals surface area contributed by atoms with Crippen molar-refractivity contribution in [3.63, 3.8) is 0 Å². The first-order valence-electron chi connectivity index (χ1n) is 7.18. The van der Waals surface area contributed by atoms with Crippen LogP contribution in [-0.4, -0.2) is 20.5 Å². The Bertz CT molecular complexity index is 1010. The van der Waals surface area contributed by atoms with Gasteiger partial charge in [0.15, 0.2) is 5.65 Å². The number of fused-ring (bicyclic) bond motifs is 1. The van der Waals surface area contributed by atoms with Crippen LogP contribution in [0.2, 0.25) is 5.02 Å². The zero-order valence-electron chi connectivity index (χ0n) is 13.0. The van der Waals surface area contributed by atoms with E-state index in [1.807, 2.05) is 0 Å². The monoisotopic (exact) mass is 348 g/mol. The van der Waals surface area contributed by atoms with Gasteiger partial charge in [-0.3, -0.25) is 14.7 Å². The van der Waals surface area contributed by atoms with Crippen LogP contribution in [0.1, 0.15) is 17.0 Å². The summed E-state index contributed by atoms with van der Waals surface area (Å²) in [6.45, 7) is 3.54. The average Bonchev–Trinajstić information content (AvgIpc) is 2.87. The number of benzene rings is 1. The Hall–Kier alpha value is -2.67. The molecular formula is C16H14ClFN4O2. The topological polar surface area (TPSA) is 79.3 Å². The summed E-state index contributed by atoms with van der Waals surface area (Å²) in [7, 11) is 0. The number of hydrogen-bond acceptors (Lipinski definition) is 3. The quantitative estimate of drug-likeness (QED) is 0.763. The van der Waals surface area contributed by atoms with E-state index < -0.39 is 11.7 Å². The van der Waals surface area contributed by atoms with Crippen molar-refractivity contribution in [2.45, 2.75) is 20.3 Å². The number of halogens is 2. The van der Waals surface area contributed by atoms with E-state index in [-0.39, 0.29) is 22.7 Å². The molecule has 124 valence electrons. The molecule has 0 aliphatic carbocycles. The van der Waals surface area contributed by atoms with E-state index in [1.165, 1.54) is 22.7 Å². The van der Waals surface area contributed by atoms with Crippen molar-refractivity contribution in [3.8, 4) is 0 Å². The Morgan fingerprint density at radius 1 is 1.38 bits per heavy atom. The molecule has 2 heterocycles. The molecule has 1 amide bonds. The number of aromatic amines is 1. The molecule has 24 heavy (non-hydrogen) atoms. The lowest BCUT2D eigenvalue weighted by molar-refractivity contribution is -0.115. The third-order valence-electron chi connectivity index (χ3n) is 3.74. The summed E-state index contributed by atoms with van der Waals surface area (Å²) < 4.78 is 15.3. The van der Waals surface area contributed by atoms with Gasteiger partial charge >= 0.3 is 0 Å². The number of anilines is 1. The summed E-state index contributed by atoms with van der Waals surface area (Å²) in [5.74, 6) is -0.995. The number of hydrogen-bond donors (Lipinski definition) is 2. The Morgan fingerprint density at radius 2 is 2.12 bits per heavy atom. The van der Waals surface area contributed by atoms with Crippen LogP contribution in [0.25, 0.3) is 5.65 Å². The molecule has 0 fully saturated rings. The standard InChI is InChI=1S/C16H14ClFN4O2/c1-8-11(9(2)22-14(19-8)7-16(24)21-22)6-15(23)20-13-4-3-10(17)5-12(13)18/h3-5,7H,6H2,1-2H3,(H,20,23)(H,21,24). The predicted molar refractivity (Wildman–Crippen MR) is 89.0 cm³/mol. The first-order chi connectivity index (χ1) is 11.3. The van der Waals surface area contributed by atoms with E-state index in [4.69, 9.17) is 11.6 Å². The summed E-state index contributed by atoms with van der Waals surface area (Å²) >= 11 is 5.69. The highest BCUT2D eigenvalue weighted by Crippen LogP contribution is 2.20. The molecule has 2 aromatic heterocycles. The number of H-pyrrole nitrogens is 1. The van der Waals surface area contributed by atoms with E-state index in [0.29, 0.717) is 22.6 Å². The van der Waals surface area contributed by atoms with Gasteiger partial charge in [-0.2, -0.15) is 0 Å². The van der Waals surface area contributed by atoms with Gasteiger partial charge < -0.3 is 5.32 Å². The third-order valence-corrected chi connectivity index (χ3v) is 3.98. The lowest BCUT2D eigenvalue weighted by Crippen LogP contribution is -2.18. The second-order valence-corrected chi connectivity index (χ2v) is 5.86. The number of carbonyl (C=O) groups is 1. The summed E-state index contributed by atoms with van der Waals surface area (Å²) in [5.41, 5.74) is 2.28. The Balaban J connectivity index is 1.89. The van der Waals surface area contributed by atoms with Crippen LogP contribution in [0.5, 0.6) is 0 Å². The maximum atomic E-state index is 13.8. The number of nitrogens with zero attached hydrogens (tertiary/aromatic N) is 2. The molecule has 0 saturated heterocycles. The molecule has 0 unspecified atom stereocenters. The zero-order chi connectivity index (χ0) is 17.4. The van der Waals surface area contributed by atoms with E-state index in [1.54, 1.807) is 13.8 Å². The van der Waals surface area contributed by atoms with Gasteiger partial charge in [0.25, 0.3) is 5.56 Å². The van der Waals surface area contributed by atoms with Crippen molar-refractivity contribution in [1.82, 2.24) is 14.6 Å². The van der Waals surface area contributed by atoms with Crippen LogP contribution in [0, 0.1) is 19.7 Å². The maximum absolute atomic E-state index is 13.8. The van der Waals surface area contributed by atoms with Crippen molar-refractivity contribution in [3.05, 3.63) is 62.4 Å². The van der Waals surface area contributed by atoms with Crippen LogP contribution in [-0.2, 0) is 11.2 Å². The minimum atomic E-state index is -0.604. The summed E-state index contributed by atoms with van der Waals surface area (Å²) in [6, 6.07) is 5.41. The van der Waals surface area contributed by atoms with Crippen LogP contribution in [0.15, 0.2) is 29.1 Å². The lowest BCUT2D eigenvalue weighted by atomic mass is 10.1. The Kier molecular flexibility index (Phi) is 4.11. The fourth-order valence-corrected chi connectivity index (χ4v) is 2.72. The molecular weight excluding hydrogens is 335 g/mol. The van der Waals surface area contributed by atoms with Gasteiger partial charge in [0, 0.05) is 28.0 Å². The molecule has 0 radical (unpaired) electrons. The largest absolute Gasteiger partial charge is 0.323 e.